The van der Waals surface area contributed by atoms with Gasteiger partial charge in [-0.15, -0.1) is 0 Å². The van der Waals surface area contributed by atoms with Crippen LogP contribution in [-0.4, -0.2) is 21.6 Å². The Labute approximate surface area is 188 Å². The zero-order chi connectivity index (χ0) is 23.8. The molecule has 2 aromatic carbocycles. The summed E-state index contributed by atoms with van der Waals surface area (Å²) in [5.41, 5.74) is 1.68. The summed E-state index contributed by atoms with van der Waals surface area (Å²) in [6, 6.07) is 11.7. The van der Waals surface area contributed by atoms with E-state index in [4.69, 9.17) is 0 Å². The molecule has 0 saturated heterocycles. The van der Waals surface area contributed by atoms with Crippen LogP contribution in [0.25, 0.3) is 5.69 Å². The van der Waals surface area contributed by atoms with Crippen molar-refractivity contribution < 1.29 is 22.8 Å². The largest absolute Gasteiger partial charge is 0.416 e. The summed E-state index contributed by atoms with van der Waals surface area (Å²) < 4.78 is 40.4. The van der Waals surface area contributed by atoms with Gasteiger partial charge in [0.05, 0.1) is 34.7 Å². The minimum absolute atomic E-state index is 0.0253. The maximum atomic E-state index is 13.0. The Morgan fingerprint density at radius 1 is 1.12 bits per heavy atom. The highest BCUT2D eigenvalue weighted by atomic mass is 19.4. The van der Waals surface area contributed by atoms with Gasteiger partial charge in [-0.25, -0.2) is 4.68 Å². The lowest BCUT2D eigenvalue weighted by molar-refractivity contribution is -0.137. The van der Waals surface area contributed by atoms with Crippen LogP contribution in [0.5, 0.6) is 0 Å². The highest BCUT2D eigenvalue weighted by Gasteiger charge is 2.31. The fraction of sp³-hybridized carbons (Fsp3) is 0.292. The average Bonchev–Trinajstić information content (AvgIpc) is 3.56. The first-order valence-electron chi connectivity index (χ1n) is 10.6. The minimum Gasteiger partial charge on any atom is -0.345 e. The van der Waals surface area contributed by atoms with Crippen molar-refractivity contribution in [1.29, 1.82) is 0 Å². The van der Waals surface area contributed by atoms with Gasteiger partial charge >= 0.3 is 6.18 Å². The van der Waals surface area contributed by atoms with Gasteiger partial charge < -0.3 is 10.6 Å². The van der Waals surface area contributed by atoms with Crippen molar-refractivity contribution in [2.24, 2.45) is 5.92 Å². The molecular formula is C24H23F3N4O2. The van der Waals surface area contributed by atoms with E-state index < -0.39 is 11.7 Å². The van der Waals surface area contributed by atoms with Gasteiger partial charge in [0, 0.05) is 11.6 Å². The molecule has 2 amide bonds. The van der Waals surface area contributed by atoms with Crippen molar-refractivity contribution >= 4 is 17.5 Å². The fourth-order valence-corrected chi connectivity index (χ4v) is 3.51. The van der Waals surface area contributed by atoms with Gasteiger partial charge in [0.2, 0.25) is 5.91 Å². The average molecular weight is 456 g/mol. The molecule has 1 saturated carbocycles. The lowest BCUT2D eigenvalue weighted by atomic mass is 10.1. The van der Waals surface area contributed by atoms with Gasteiger partial charge in [-0.3, -0.25) is 9.59 Å². The highest BCUT2D eigenvalue weighted by Crippen LogP contribution is 2.31. The van der Waals surface area contributed by atoms with E-state index in [1.165, 1.54) is 23.0 Å². The lowest BCUT2D eigenvalue weighted by Gasteiger charge is -2.15. The first-order chi connectivity index (χ1) is 15.6. The number of hydrogen-bond donors (Lipinski definition) is 2. The van der Waals surface area contributed by atoms with E-state index in [-0.39, 0.29) is 35.0 Å². The summed E-state index contributed by atoms with van der Waals surface area (Å²) in [7, 11) is 0. The molecule has 9 heteroatoms. The Morgan fingerprint density at radius 3 is 2.45 bits per heavy atom. The van der Waals surface area contributed by atoms with Gasteiger partial charge in [0.15, 0.2) is 0 Å². The third-order valence-corrected chi connectivity index (χ3v) is 5.65. The van der Waals surface area contributed by atoms with Crippen LogP contribution in [0.15, 0.2) is 54.7 Å². The molecule has 1 aromatic heterocycles. The Kier molecular flexibility index (Phi) is 5.97. The van der Waals surface area contributed by atoms with Crippen molar-refractivity contribution in [1.82, 2.24) is 15.1 Å². The number of carbonyl (C=O) groups is 2. The Bertz CT molecular complexity index is 1180. The molecule has 1 heterocycles. The van der Waals surface area contributed by atoms with E-state index >= 15 is 0 Å². The summed E-state index contributed by atoms with van der Waals surface area (Å²) in [5, 5.41) is 9.87. The molecule has 0 spiro atoms. The first kappa shape index (κ1) is 22.6. The summed E-state index contributed by atoms with van der Waals surface area (Å²) in [6.07, 6.45) is -1.27. The van der Waals surface area contributed by atoms with Crippen LogP contribution in [-0.2, 0) is 11.0 Å². The number of alkyl halides is 3. The molecule has 1 unspecified atom stereocenters. The predicted molar refractivity (Wildman–Crippen MR) is 117 cm³/mol. The number of rotatable bonds is 6. The van der Waals surface area contributed by atoms with Gasteiger partial charge in [0.25, 0.3) is 5.91 Å². The second kappa shape index (κ2) is 8.73. The Morgan fingerprint density at radius 2 is 1.82 bits per heavy atom. The van der Waals surface area contributed by atoms with Crippen LogP contribution in [0, 0.1) is 12.8 Å². The van der Waals surface area contributed by atoms with Gasteiger partial charge in [-0.2, -0.15) is 18.3 Å². The smallest absolute Gasteiger partial charge is 0.345 e. The maximum Gasteiger partial charge on any atom is 0.416 e. The second-order valence-electron chi connectivity index (χ2n) is 8.18. The molecule has 0 radical (unpaired) electrons. The molecule has 0 aliphatic heterocycles. The number of anilines is 1. The van der Waals surface area contributed by atoms with E-state index in [9.17, 15) is 22.8 Å². The fourth-order valence-electron chi connectivity index (χ4n) is 3.51. The van der Waals surface area contributed by atoms with E-state index in [0.29, 0.717) is 11.4 Å². The topological polar surface area (TPSA) is 76.0 Å². The Hall–Kier alpha value is -3.62. The van der Waals surface area contributed by atoms with E-state index in [0.717, 1.165) is 30.5 Å². The summed E-state index contributed by atoms with van der Waals surface area (Å²) >= 11 is 0. The SMILES string of the molecule is Cc1c(C(=O)NC(C)c2ccc(NC(=O)C3CC3)cc2)cnn1-c1cccc(C(F)(F)F)c1. The maximum absolute atomic E-state index is 13.0. The molecule has 1 aliphatic rings. The van der Waals surface area contributed by atoms with Crippen molar-refractivity contribution in [3.05, 3.63) is 77.1 Å². The van der Waals surface area contributed by atoms with Crippen molar-refractivity contribution in [3.8, 4) is 5.69 Å². The van der Waals surface area contributed by atoms with Crippen LogP contribution in [0.4, 0.5) is 18.9 Å². The standard InChI is InChI=1S/C24H23F3N4O2/c1-14(16-8-10-19(11-9-16)30-22(32)17-6-7-17)29-23(33)21-13-28-31(15(21)2)20-5-3-4-18(12-20)24(25,26)27/h3-5,8-14,17H,6-7H2,1-2H3,(H,29,33)(H,30,32). The number of carbonyl (C=O) groups excluding carboxylic acids is 2. The van der Waals surface area contributed by atoms with E-state index in [1.54, 1.807) is 19.1 Å². The number of hydrogen-bond acceptors (Lipinski definition) is 3. The van der Waals surface area contributed by atoms with Gasteiger partial charge in [0.1, 0.15) is 0 Å². The third kappa shape index (κ3) is 5.08. The third-order valence-electron chi connectivity index (χ3n) is 5.65. The highest BCUT2D eigenvalue weighted by molar-refractivity contribution is 5.95. The van der Waals surface area contributed by atoms with Crippen molar-refractivity contribution in [2.45, 2.75) is 38.9 Å². The molecule has 0 bridgehead atoms. The normalized spacial score (nSPS) is 14.6. The number of benzene rings is 2. The molecule has 1 atom stereocenters. The van der Waals surface area contributed by atoms with Crippen LogP contribution >= 0.6 is 0 Å². The number of amides is 2. The molecule has 2 N–H and O–H groups in total. The summed E-state index contributed by atoms with van der Waals surface area (Å²) in [5.74, 6) is -0.246. The lowest BCUT2D eigenvalue weighted by Crippen LogP contribution is -2.27. The van der Waals surface area contributed by atoms with Crippen LogP contribution in [0.2, 0.25) is 0 Å². The molecule has 1 fully saturated rings. The summed E-state index contributed by atoms with van der Waals surface area (Å²) in [6.45, 7) is 3.45. The number of aromatic nitrogens is 2. The molecule has 4 rings (SSSR count). The van der Waals surface area contributed by atoms with E-state index in [1.807, 2.05) is 19.1 Å². The van der Waals surface area contributed by atoms with Crippen LogP contribution < -0.4 is 10.6 Å². The molecule has 1 aliphatic carbocycles. The minimum atomic E-state index is -4.47. The second-order valence-corrected chi connectivity index (χ2v) is 8.18. The Balaban J connectivity index is 1.45. The molecule has 172 valence electrons. The van der Waals surface area contributed by atoms with Gasteiger partial charge in [-0.05, 0) is 62.6 Å². The van der Waals surface area contributed by atoms with Gasteiger partial charge in [-0.1, -0.05) is 18.2 Å². The van der Waals surface area contributed by atoms with Crippen LogP contribution in [0.1, 0.15) is 53.0 Å². The number of nitrogens with one attached hydrogen (secondary N) is 2. The van der Waals surface area contributed by atoms with Crippen molar-refractivity contribution in [3.63, 3.8) is 0 Å². The molecule has 3 aromatic rings. The zero-order valence-corrected chi connectivity index (χ0v) is 18.1. The van der Waals surface area contributed by atoms with Crippen molar-refractivity contribution in [2.75, 3.05) is 5.32 Å². The van der Waals surface area contributed by atoms with Crippen LogP contribution in [0.3, 0.4) is 0 Å². The number of nitrogens with zero attached hydrogens (tertiary/aromatic N) is 2. The zero-order valence-electron chi connectivity index (χ0n) is 18.1. The predicted octanol–water partition coefficient (Wildman–Crippen LogP) is 5.04. The molecular weight excluding hydrogens is 433 g/mol. The summed E-state index contributed by atoms with van der Waals surface area (Å²) in [4.78, 5) is 24.7. The molecule has 6 nitrogen and oxygen atoms in total. The monoisotopic (exact) mass is 456 g/mol. The first-order valence-corrected chi connectivity index (χ1v) is 10.6. The number of halogens is 3. The quantitative estimate of drug-likeness (QED) is 0.546. The van der Waals surface area contributed by atoms with E-state index in [2.05, 4.69) is 15.7 Å². The molecule has 33 heavy (non-hydrogen) atoms.